The molecule has 6 heteroatoms. The van der Waals surface area contributed by atoms with E-state index in [2.05, 4.69) is 33.0 Å². The first-order valence-electron chi connectivity index (χ1n) is 10.7. The summed E-state index contributed by atoms with van der Waals surface area (Å²) in [5.74, 6) is 0.788. The minimum Gasteiger partial charge on any atom is -0.322 e. The van der Waals surface area contributed by atoms with Crippen LogP contribution in [0, 0.1) is 11.8 Å². The quantitative estimate of drug-likeness (QED) is 0.694. The van der Waals surface area contributed by atoms with Crippen LogP contribution in [0.4, 0.5) is 5.69 Å². The Labute approximate surface area is 180 Å². The third-order valence-corrected chi connectivity index (χ3v) is 7.79. The van der Waals surface area contributed by atoms with E-state index >= 15 is 0 Å². The predicted molar refractivity (Wildman–Crippen MR) is 121 cm³/mol. The van der Waals surface area contributed by atoms with Crippen LogP contribution in [-0.2, 0) is 10.0 Å². The Hall–Kier alpha value is -2.18. The van der Waals surface area contributed by atoms with E-state index in [-0.39, 0.29) is 10.8 Å². The van der Waals surface area contributed by atoms with Crippen LogP contribution in [0.3, 0.4) is 0 Å². The zero-order valence-corrected chi connectivity index (χ0v) is 19.1. The fourth-order valence-electron chi connectivity index (χ4n) is 4.18. The number of carbonyl (C=O) groups is 1. The van der Waals surface area contributed by atoms with Crippen LogP contribution in [0.2, 0.25) is 0 Å². The second kappa shape index (κ2) is 9.31. The Balaban J connectivity index is 1.77. The predicted octanol–water partition coefficient (Wildman–Crippen LogP) is 5.12. The molecule has 1 aliphatic heterocycles. The number of nitrogens with one attached hydrogen (secondary N) is 1. The molecule has 3 rings (SSSR count). The van der Waals surface area contributed by atoms with E-state index in [0.717, 1.165) is 24.1 Å². The summed E-state index contributed by atoms with van der Waals surface area (Å²) in [4.78, 5) is 13.0. The molecule has 5 nitrogen and oxygen atoms in total. The van der Waals surface area contributed by atoms with E-state index in [1.54, 1.807) is 16.4 Å². The number of sulfonamides is 1. The molecule has 3 atom stereocenters. The Morgan fingerprint density at radius 1 is 1.07 bits per heavy atom. The maximum atomic E-state index is 13.0. The zero-order valence-electron chi connectivity index (χ0n) is 18.3. The normalized spacial score (nSPS) is 21.2. The fraction of sp³-hybridized carbons (Fsp3) is 0.458. The van der Waals surface area contributed by atoms with Gasteiger partial charge in [0.2, 0.25) is 10.0 Å². The number of hydrogen-bond donors (Lipinski definition) is 1. The van der Waals surface area contributed by atoms with E-state index < -0.39 is 10.0 Å². The van der Waals surface area contributed by atoms with Crippen LogP contribution in [-0.4, -0.2) is 31.7 Å². The number of piperidine rings is 1. The lowest BCUT2D eigenvalue weighted by Gasteiger charge is -2.34. The van der Waals surface area contributed by atoms with Crippen molar-refractivity contribution in [1.82, 2.24) is 4.31 Å². The summed E-state index contributed by atoms with van der Waals surface area (Å²) in [5.41, 5.74) is 2.33. The molecule has 1 saturated heterocycles. The van der Waals surface area contributed by atoms with Gasteiger partial charge in [-0.2, -0.15) is 4.31 Å². The molecular formula is C24H32N2O3S. The number of rotatable bonds is 6. The number of amides is 1. The number of para-hydroxylation sites is 1. The SMILES string of the molecule is CC[C@H](C)c1ccccc1NC(=O)c1ccc(S(=O)(=O)N2C[C@@H](C)C[C@H](C)C2)cc1. The molecule has 162 valence electrons. The average Bonchev–Trinajstić information content (AvgIpc) is 2.73. The first kappa shape index (κ1) is 22.5. The van der Waals surface area contributed by atoms with Crippen molar-refractivity contribution >= 4 is 21.6 Å². The molecule has 1 N–H and O–H groups in total. The van der Waals surface area contributed by atoms with Gasteiger partial charge in [0.15, 0.2) is 0 Å². The molecule has 1 aliphatic rings. The maximum Gasteiger partial charge on any atom is 0.255 e. The molecule has 1 heterocycles. The highest BCUT2D eigenvalue weighted by Gasteiger charge is 2.31. The summed E-state index contributed by atoms with van der Waals surface area (Å²) in [6.45, 7) is 9.51. The number of carbonyl (C=O) groups excluding carboxylic acids is 1. The van der Waals surface area contributed by atoms with Gasteiger partial charge in [0, 0.05) is 24.3 Å². The van der Waals surface area contributed by atoms with E-state index in [1.165, 1.54) is 12.1 Å². The molecular weight excluding hydrogens is 396 g/mol. The molecule has 0 aliphatic carbocycles. The second-order valence-electron chi connectivity index (χ2n) is 8.64. The van der Waals surface area contributed by atoms with Crippen molar-refractivity contribution < 1.29 is 13.2 Å². The largest absolute Gasteiger partial charge is 0.322 e. The van der Waals surface area contributed by atoms with Gasteiger partial charge in [-0.15, -0.1) is 0 Å². The van der Waals surface area contributed by atoms with Gasteiger partial charge in [-0.3, -0.25) is 4.79 Å². The van der Waals surface area contributed by atoms with Crippen molar-refractivity contribution in [2.75, 3.05) is 18.4 Å². The topological polar surface area (TPSA) is 66.5 Å². The molecule has 2 aromatic rings. The molecule has 0 radical (unpaired) electrons. The standard InChI is InChI=1S/C24H32N2O3S/c1-5-19(4)22-8-6-7-9-23(22)25-24(27)20-10-12-21(13-11-20)30(28,29)26-15-17(2)14-18(3)16-26/h6-13,17-19H,5,14-16H2,1-4H3,(H,25,27)/t17-,18-,19-/m0/s1. The molecule has 30 heavy (non-hydrogen) atoms. The van der Waals surface area contributed by atoms with Gasteiger partial charge < -0.3 is 5.32 Å². The van der Waals surface area contributed by atoms with Crippen molar-refractivity contribution in [2.45, 2.75) is 51.3 Å². The fourth-order valence-corrected chi connectivity index (χ4v) is 5.86. The molecule has 1 amide bonds. The summed E-state index contributed by atoms with van der Waals surface area (Å²) in [6, 6.07) is 14.0. The summed E-state index contributed by atoms with van der Waals surface area (Å²) in [6.07, 6.45) is 2.02. The Morgan fingerprint density at radius 3 is 2.27 bits per heavy atom. The monoisotopic (exact) mass is 428 g/mol. The molecule has 0 aromatic heterocycles. The molecule has 0 saturated carbocycles. The van der Waals surface area contributed by atoms with Gasteiger partial charge >= 0.3 is 0 Å². The maximum absolute atomic E-state index is 13.0. The Bertz CT molecular complexity index is 976. The van der Waals surface area contributed by atoms with Crippen molar-refractivity contribution in [1.29, 1.82) is 0 Å². The van der Waals surface area contributed by atoms with Crippen LogP contribution >= 0.6 is 0 Å². The lowest BCUT2D eigenvalue weighted by molar-refractivity contribution is 0.102. The minimum atomic E-state index is -3.55. The highest BCUT2D eigenvalue weighted by atomic mass is 32.2. The van der Waals surface area contributed by atoms with Gasteiger partial charge in [-0.1, -0.05) is 45.9 Å². The van der Waals surface area contributed by atoms with Crippen LogP contribution in [0.25, 0.3) is 0 Å². The first-order valence-corrected chi connectivity index (χ1v) is 12.2. The molecule has 0 bridgehead atoms. The molecule has 2 aromatic carbocycles. The Morgan fingerprint density at radius 2 is 1.67 bits per heavy atom. The molecule has 1 fully saturated rings. The van der Waals surface area contributed by atoms with Crippen LogP contribution in [0.5, 0.6) is 0 Å². The first-order chi connectivity index (χ1) is 14.2. The number of hydrogen-bond acceptors (Lipinski definition) is 3. The summed E-state index contributed by atoms with van der Waals surface area (Å²) >= 11 is 0. The number of benzene rings is 2. The second-order valence-corrected chi connectivity index (χ2v) is 10.6. The van der Waals surface area contributed by atoms with Crippen LogP contribution < -0.4 is 5.32 Å². The van der Waals surface area contributed by atoms with Crippen LogP contribution in [0.1, 0.15) is 62.4 Å². The average molecular weight is 429 g/mol. The zero-order chi connectivity index (χ0) is 21.9. The van der Waals surface area contributed by atoms with Gasteiger partial charge in [0.05, 0.1) is 4.90 Å². The van der Waals surface area contributed by atoms with Crippen molar-refractivity contribution in [3.05, 3.63) is 59.7 Å². The third kappa shape index (κ3) is 4.93. The van der Waals surface area contributed by atoms with Crippen molar-refractivity contribution in [2.24, 2.45) is 11.8 Å². The third-order valence-electron chi connectivity index (χ3n) is 5.94. The highest BCUT2D eigenvalue weighted by Crippen LogP contribution is 2.28. The summed E-state index contributed by atoms with van der Waals surface area (Å²) in [7, 11) is -3.55. The van der Waals surface area contributed by atoms with Crippen molar-refractivity contribution in [3.8, 4) is 0 Å². The van der Waals surface area contributed by atoms with Crippen LogP contribution in [0.15, 0.2) is 53.4 Å². The number of nitrogens with zero attached hydrogens (tertiary/aromatic N) is 1. The van der Waals surface area contributed by atoms with Gasteiger partial charge in [0.25, 0.3) is 5.91 Å². The van der Waals surface area contributed by atoms with Gasteiger partial charge in [-0.25, -0.2) is 8.42 Å². The van der Waals surface area contributed by atoms with E-state index in [1.807, 2.05) is 24.3 Å². The Kier molecular flexibility index (Phi) is 6.98. The minimum absolute atomic E-state index is 0.236. The molecule has 0 unspecified atom stereocenters. The highest BCUT2D eigenvalue weighted by molar-refractivity contribution is 7.89. The van der Waals surface area contributed by atoms with Gasteiger partial charge in [0.1, 0.15) is 0 Å². The van der Waals surface area contributed by atoms with E-state index in [0.29, 0.717) is 36.4 Å². The summed E-state index contributed by atoms with van der Waals surface area (Å²) < 4.78 is 27.6. The van der Waals surface area contributed by atoms with E-state index in [4.69, 9.17) is 0 Å². The van der Waals surface area contributed by atoms with Crippen molar-refractivity contribution in [3.63, 3.8) is 0 Å². The smallest absolute Gasteiger partial charge is 0.255 e. The number of anilines is 1. The lowest BCUT2D eigenvalue weighted by atomic mass is 9.94. The molecule has 0 spiro atoms. The summed E-state index contributed by atoms with van der Waals surface area (Å²) in [5, 5.41) is 2.98. The van der Waals surface area contributed by atoms with Gasteiger partial charge in [-0.05, 0) is 66.5 Å². The lowest BCUT2D eigenvalue weighted by Crippen LogP contribution is -2.42. The van der Waals surface area contributed by atoms with E-state index in [9.17, 15) is 13.2 Å².